The van der Waals surface area contributed by atoms with Crippen molar-refractivity contribution in [1.29, 1.82) is 0 Å². The Morgan fingerprint density at radius 1 is 1.19 bits per heavy atom. The van der Waals surface area contributed by atoms with E-state index in [0.29, 0.717) is 25.6 Å². The van der Waals surface area contributed by atoms with Crippen molar-refractivity contribution in [2.45, 2.75) is 58.2 Å². The first-order valence-electron chi connectivity index (χ1n) is 11.2. The number of nitrogens with one attached hydrogen (secondary N) is 1. The fourth-order valence-electron chi connectivity index (χ4n) is 4.17. The van der Waals surface area contributed by atoms with Gasteiger partial charge in [0.2, 0.25) is 5.95 Å². The van der Waals surface area contributed by atoms with E-state index in [2.05, 4.69) is 9.88 Å². The van der Waals surface area contributed by atoms with Gasteiger partial charge in [0.15, 0.2) is 0 Å². The molecule has 1 N–H and O–H groups in total. The summed E-state index contributed by atoms with van der Waals surface area (Å²) in [6.07, 6.45) is 2.70. The lowest BCUT2D eigenvalue weighted by atomic mass is 10.0. The largest absolute Gasteiger partial charge is 0.444 e. The van der Waals surface area contributed by atoms with Crippen LogP contribution in [0.15, 0.2) is 48.5 Å². The highest BCUT2D eigenvalue weighted by molar-refractivity contribution is 5.78. The maximum atomic E-state index is 13.7. The first-order valence-corrected chi connectivity index (χ1v) is 11.2. The maximum Gasteiger partial charge on any atom is 0.410 e. The van der Waals surface area contributed by atoms with Gasteiger partial charge in [-0.05, 0) is 69.9 Å². The second kappa shape index (κ2) is 9.18. The maximum absolute atomic E-state index is 13.7. The van der Waals surface area contributed by atoms with Gasteiger partial charge in [-0.25, -0.2) is 14.2 Å². The van der Waals surface area contributed by atoms with Crippen molar-refractivity contribution in [2.24, 2.45) is 0 Å². The minimum absolute atomic E-state index is 0.0287. The van der Waals surface area contributed by atoms with E-state index in [1.54, 1.807) is 12.1 Å². The number of rotatable bonds is 5. The molecule has 0 bridgehead atoms. The molecule has 6 nitrogen and oxygen atoms in total. The van der Waals surface area contributed by atoms with Gasteiger partial charge >= 0.3 is 6.09 Å². The van der Waals surface area contributed by atoms with E-state index in [1.807, 2.05) is 56.0 Å². The summed E-state index contributed by atoms with van der Waals surface area (Å²) in [5.74, 6) is 0.460. The molecule has 2 heterocycles. The average Bonchev–Trinajstić information content (AvgIpc) is 3.09. The molecule has 1 amide bonds. The number of piperidine rings is 1. The molecule has 32 heavy (non-hydrogen) atoms. The summed E-state index contributed by atoms with van der Waals surface area (Å²) in [6.45, 7) is 7.43. The molecule has 4 rings (SSSR count). The number of ether oxygens (including phenoxy) is 1. The Hall–Kier alpha value is -3.09. The molecule has 0 unspecified atom stereocenters. The van der Waals surface area contributed by atoms with Crippen molar-refractivity contribution >= 4 is 23.1 Å². The number of nitrogens with zero attached hydrogens (tertiary/aromatic N) is 3. The van der Waals surface area contributed by atoms with Gasteiger partial charge in [0.1, 0.15) is 11.4 Å². The molecule has 3 aromatic rings. The Morgan fingerprint density at radius 3 is 2.78 bits per heavy atom. The van der Waals surface area contributed by atoms with Crippen LogP contribution < -0.4 is 5.32 Å². The van der Waals surface area contributed by atoms with Crippen LogP contribution in [0.25, 0.3) is 11.0 Å². The molecule has 1 atom stereocenters. The van der Waals surface area contributed by atoms with Crippen LogP contribution in [0, 0.1) is 5.82 Å². The third-order valence-electron chi connectivity index (χ3n) is 5.64. The SMILES string of the molecule is CC(C)(C)OC(=O)N1CCCC[C@@H]1CNc1nc2ccccc2n1Cc1cccc(F)c1. The molecule has 1 fully saturated rings. The van der Waals surface area contributed by atoms with E-state index in [4.69, 9.17) is 9.72 Å². The van der Waals surface area contributed by atoms with Gasteiger partial charge in [0, 0.05) is 13.1 Å². The zero-order valence-corrected chi connectivity index (χ0v) is 19.0. The van der Waals surface area contributed by atoms with Crippen LogP contribution in [-0.2, 0) is 11.3 Å². The fraction of sp³-hybridized carbons (Fsp3) is 0.440. The summed E-state index contributed by atoms with van der Waals surface area (Å²) in [4.78, 5) is 19.3. The first-order chi connectivity index (χ1) is 15.3. The molecule has 0 radical (unpaired) electrons. The second-order valence-electron chi connectivity index (χ2n) is 9.34. The van der Waals surface area contributed by atoms with Crippen LogP contribution in [0.3, 0.4) is 0 Å². The Balaban J connectivity index is 1.55. The minimum Gasteiger partial charge on any atom is -0.444 e. The lowest BCUT2D eigenvalue weighted by Crippen LogP contribution is -2.49. The minimum atomic E-state index is -0.522. The number of amides is 1. The molecule has 170 valence electrons. The van der Waals surface area contributed by atoms with Crippen molar-refractivity contribution in [3.63, 3.8) is 0 Å². The molecule has 0 spiro atoms. The van der Waals surface area contributed by atoms with Gasteiger partial charge < -0.3 is 19.5 Å². The van der Waals surface area contributed by atoms with Crippen LogP contribution in [0.2, 0.25) is 0 Å². The number of para-hydroxylation sites is 2. The number of carbonyl (C=O) groups excluding carboxylic acids is 1. The number of carbonyl (C=O) groups is 1. The predicted octanol–water partition coefficient (Wildman–Crippen LogP) is 5.43. The summed E-state index contributed by atoms with van der Waals surface area (Å²) >= 11 is 0. The highest BCUT2D eigenvalue weighted by Crippen LogP contribution is 2.24. The normalized spacial score (nSPS) is 16.9. The summed E-state index contributed by atoms with van der Waals surface area (Å²) in [5.41, 5.74) is 2.20. The van der Waals surface area contributed by atoms with Gasteiger partial charge in [-0.2, -0.15) is 0 Å². The van der Waals surface area contributed by atoms with Crippen molar-refractivity contribution in [1.82, 2.24) is 14.5 Å². The highest BCUT2D eigenvalue weighted by Gasteiger charge is 2.30. The second-order valence-corrected chi connectivity index (χ2v) is 9.34. The Bertz CT molecular complexity index is 1090. The van der Waals surface area contributed by atoms with Gasteiger partial charge in [0.05, 0.1) is 23.6 Å². The quantitative estimate of drug-likeness (QED) is 0.577. The lowest BCUT2D eigenvalue weighted by molar-refractivity contribution is 0.0114. The average molecular weight is 439 g/mol. The molecule has 1 aromatic heterocycles. The molecule has 1 aliphatic heterocycles. The van der Waals surface area contributed by atoms with Crippen molar-refractivity contribution < 1.29 is 13.9 Å². The number of hydrogen-bond donors (Lipinski definition) is 1. The van der Waals surface area contributed by atoms with Gasteiger partial charge in [-0.1, -0.05) is 24.3 Å². The summed E-state index contributed by atoms with van der Waals surface area (Å²) in [5, 5.41) is 3.46. The molecule has 2 aromatic carbocycles. The van der Waals surface area contributed by atoms with Crippen molar-refractivity contribution in [3.8, 4) is 0 Å². The molecule has 0 aliphatic carbocycles. The number of halogens is 1. The van der Waals surface area contributed by atoms with E-state index in [-0.39, 0.29) is 18.0 Å². The molecular formula is C25H31FN4O2. The smallest absolute Gasteiger partial charge is 0.410 e. The van der Waals surface area contributed by atoms with E-state index in [0.717, 1.165) is 35.9 Å². The van der Waals surface area contributed by atoms with Gasteiger partial charge in [-0.15, -0.1) is 0 Å². The van der Waals surface area contributed by atoms with Crippen LogP contribution in [-0.4, -0.2) is 45.3 Å². The fourth-order valence-corrected chi connectivity index (χ4v) is 4.17. The first kappa shape index (κ1) is 22.1. The van der Waals surface area contributed by atoms with Crippen LogP contribution in [0.5, 0.6) is 0 Å². The third kappa shape index (κ3) is 5.21. The van der Waals surface area contributed by atoms with E-state index in [1.165, 1.54) is 6.07 Å². The highest BCUT2D eigenvalue weighted by atomic mass is 19.1. The zero-order valence-electron chi connectivity index (χ0n) is 19.0. The molecule has 7 heteroatoms. The summed E-state index contributed by atoms with van der Waals surface area (Å²) in [6, 6.07) is 14.6. The molecular weight excluding hydrogens is 407 g/mol. The third-order valence-corrected chi connectivity index (χ3v) is 5.64. The van der Waals surface area contributed by atoms with Crippen molar-refractivity contribution in [2.75, 3.05) is 18.4 Å². The summed E-state index contributed by atoms with van der Waals surface area (Å²) in [7, 11) is 0. The van der Waals surface area contributed by atoms with Gasteiger partial charge in [0.25, 0.3) is 0 Å². The Kier molecular flexibility index (Phi) is 6.35. The van der Waals surface area contributed by atoms with Crippen molar-refractivity contribution in [3.05, 3.63) is 59.9 Å². The monoisotopic (exact) mass is 438 g/mol. The lowest BCUT2D eigenvalue weighted by Gasteiger charge is -2.36. The van der Waals surface area contributed by atoms with E-state index < -0.39 is 5.60 Å². The number of fused-ring (bicyclic) bond motifs is 1. The van der Waals surface area contributed by atoms with E-state index >= 15 is 0 Å². The Morgan fingerprint density at radius 2 is 2.00 bits per heavy atom. The number of benzene rings is 2. The van der Waals surface area contributed by atoms with Gasteiger partial charge in [-0.3, -0.25) is 0 Å². The van der Waals surface area contributed by atoms with Crippen LogP contribution in [0.4, 0.5) is 15.1 Å². The predicted molar refractivity (Wildman–Crippen MR) is 124 cm³/mol. The van der Waals surface area contributed by atoms with Crippen LogP contribution in [0.1, 0.15) is 45.6 Å². The molecule has 0 saturated carbocycles. The Labute approximate surface area is 188 Å². The number of anilines is 1. The topological polar surface area (TPSA) is 59.4 Å². The molecule has 1 saturated heterocycles. The molecule has 1 aliphatic rings. The standard InChI is InChI=1S/C25H31FN4O2/c1-25(2,3)32-24(31)29-14-7-6-11-20(29)16-27-23-28-21-12-4-5-13-22(21)30(23)17-18-9-8-10-19(26)15-18/h4-5,8-10,12-13,15,20H,6-7,11,14,16-17H2,1-3H3,(H,27,28)/t20-/m1/s1. The number of imidazole rings is 1. The summed E-state index contributed by atoms with van der Waals surface area (Å²) < 4.78 is 21.4. The number of likely N-dealkylation sites (tertiary alicyclic amines) is 1. The zero-order chi connectivity index (χ0) is 22.7. The number of aromatic nitrogens is 2. The van der Waals surface area contributed by atoms with Crippen LogP contribution >= 0.6 is 0 Å². The number of hydrogen-bond acceptors (Lipinski definition) is 4. The van der Waals surface area contributed by atoms with E-state index in [9.17, 15) is 9.18 Å².